The van der Waals surface area contributed by atoms with E-state index >= 15 is 0 Å². The monoisotopic (exact) mass is 358 g/mol. The van der Waals surface area contributed by atoms with Crippen molar-refractivity contribution < 1.29 is 28.5 Å². The van der Waals surface area contributed by atoms with Crippen molar-refractivity contribution in [3.63, 3.8) is 0 Å². The molecule has 0 saturated carbocycles. The molecule has 0 aromatic heterocycles. The zero-order valence-electron chi connectivity index (χ0n) is 15.8. The Morgan fingerprint density at radius 3 is 2.44 bits per heavy atom. The van der Waals surface area contributed by atoms with E-state index in [2.05, 4.69) is 4.90 Å². The highest BCUT2D eigenvalue weighted by molar-refractivity contribution is 6.11. The van der Waals surface area contributed by atoms with Crippen LogP contribution in [0.15, 0.2) is 0 Å². The minimum atomic E-state index is -0.267. The van der Waals surface area contributed by atoms with Crippen molar-refractivity contribution in [2.75, 3.05) is 73.9 Å². The Morgan fingerprint density at radius 1 is 1.12 bits per heavy atom. The molecule has 1 unspecified atom stereocenters. The van der Waals surface area contributed by atoms with Crippen LogP contribution in [0.4, 0.5) is 0 Å². The molecule has 0 spiro atoms. The van der Waals surface area contributed by atoms with Crippen molar-refractivity contribution in [3.8, 4) is 0 Å². The van der Waals surface area contributed by atoms with Crippen LogP contribution in [0.5, 0.6) is 0 Å². The van der Waals surface area contributed by atoms with Crippen molar-refractivity contribution in [1.29, 1.82) is 0 Å². The van der Waals surface area contributed by atoms with Gasteiger partial charge >= 0.3 is 0 Å². The fourth-order valence-corrected chi connectivity index (χ4v) is 3.42. The maximum absolute atomic E-state index is 12.4. The maximum Gasteiger partial charge on any atom is 0.248 e. The largest absolute Gasteiger partial charge is 0.383 e. The van der Waals surface area contributed by atoms with Crippen LogP contribution in [0, 0.1) is 0 Å². The number of ether oxygens (including phenoxy) is 5. The topological polar surface area (TPSA) is 69.7 Å². The molecule has 2 aliphatic rings. The Hall–Kier alpha value is -0.705. The fraction of sp³-hybridized carbons (Fsp3) is 0.938. The van der Waals surface area contributed by atoms with E-state index in [4.69, 9.17) is 23.7 Å². The van der Waals surface area contributed by atoms with Crippen LogP contribution >= 0.6 is 0 Å². The van der Waals surface area contributed by atoms with E-state index in [1.54, 1.807) is 21.3 Å². The minimum absolute atomic E-state index is 0.0173. The number of carbonyl (C=O) groups excluding carboxylic acids is 1. The third-order valence-corrected chi connectivity index (χ3v) is 4.88. The number of hydrogen-bond donors (Lipinski definition) is 0. The SMILES string of the molecule is B[C@@H]1O[C@H](COC)C(OC)[C@@H]1OCC(=O)N1CCN(CCOC)CC1. The molecule has 0 radical (unpaired) electrons. The highest BCUT2D eigenvalue weighted by Gasteiger charge is 2.43. The Balaban J connectivity index is 1.76. The summed E-state index contributed by atoms with van der Waals surface area (Å²) in [6.45, 7) is 5.31. The standard InChI is InChI=1S/C16H31BN2O6/c1-21-9-8-18-4-6-19(7-5-18)13(20)11-24-15-14(23-3)12(10-22-2)25-16(15)17/h12,14-16H,4-11,17H2,1-3H3/t12-,14?,15+,16-/m1/s1. The quantitative estimate of drug-likeness (QED) is 0.450. The molecule has 0 aromatic rings. The molecule has 1 amide bonds. The maximum atomic E-state index is 12.4. The van der Waals surface area contributed by atoms with E-state index in [1.807, 2.05) is 12.7 Å². The molecule has 0 N–H and O–H groups in total. The molecule has 8 nitrogen and oxygen atoms in total. The predicted octanol–water partition coefficient (Wildman–Crippen LogP) is -1.82. The lowest BCUT2D eigenvalue weighted by Gasteiger charge is -2.34. The van der Waals surface area contributed by atoms with Crippen LogP contribution in [0.1, 0.15) is 0 Å². The molecule has 144 valence electrons. The summed E-state index contributed by atoms with van der Waals surface area (Å²) in [6.07, 6.45) is -0.667. The number of methoxy groups -OCH3 is 3. The van der Waals surface area contributed by atoms with Crippen molar-refractivity contribution >= 4 is 13.8 Å². The Labute approximate surface area is 151 Å². The molecule has 2 fully saturated rings. The van der Waals surface area contributed by atoms with Crippen LogP contribution in [0.3, 0.4) is 0 Å². The van der Waals surface area contributed by atoms with Gasteiger partial charge in [0.15, 0.2) is 0 Å². The second-order valence-corrected chi connectivity index (χ2v) is 6.53. The number of amides is 1. The predicted molar refractivity (Wildman–Crippen MR) is 94.5 cm³/mol. The van der Waals surface area contributed by atoms with Gasteiger partial charge in [-0.3, -0.25) is 9.69 Å². The number of hydrogen-bond acceptors (Lipinski definition) is 7. The van der Waals surface area contributed by atoms with Crippen molar-refractivity contribution in [3.05, 3.63) is 0 Å². The van der Waals surface area contributed by atoms with Gasteiger partial charge in [-0.05, 0) is 0 Å². The molecular weight excluding hydrogens is 327 g/mol. The molecule has 2 rings (SSSR count). The number of rotatable bonds is 9. The Kier molecular flexibility index (Phi) is 8.61. The number of carbonyl (C=O) groups is 1. The van der Waals surface area contributed by atoms with E-state index < -0.39 is 0 Å². The van der Waals surface area contributed by atoms with E-state index in [1.165, 1.54) is 0 Å². The van der Waals surface area contributed by atoms with Crippen LogP contribution in [0.25, 0.3) is 0 Å². The van der Waals surface area contributed by atoms with E-state index in [0.29, 0.717) is 6.61 Å². The third kappa shape index (κ3) is 5.64. The summed E-state index contributed by atoms with van der Waals surface area (Å²) in [5, 5.41) is 0. The highest BCUT2D eigenvalue weighted by Crippen LogP contribution is 2.25. The Morgan fingerprint density at radius 2 is 1.84 bits per heavy atom. The number of nitrogens with zero attached hydrogens (tertiary/aromatic N) is 2. The normalized spacial score (nSPS) is 30.8. The first-order valence-electron chi connectivity index (χ1n) is 8.88. The summed E-state index contributed by atoms with van der Waals surface area (Å²) in [5.74, 6) is 0.0173. The van der Waals surface area contributed by atoms with Gasteiger partial charge in [0.2, 0.25) is 5.91 Å². The first kappa shape index (κ1) is 20.6. The van der Waals surface area contributed by atoms with Gasteiger partial charge in [0.25, 0.3) is 0 Å². The zero-order chi connectivity index (χ0) is 18.2. The Bertz CT molecular complexity index is 408. The average Bonchev–Trinajstić information content (AvgIpc) is 2.93. The van der Waals surface area contributed by atoms with Gasteiger partial charge in [0, 0.05) is 54.1 Å². The molecule has 0 aliphatic carbocycles. The molecule has 9 heteroatoms. The number of piperazine rings is 1. The second kappa shape index (κ2) is 10.4. The highest BCUT2D eigenvalue weighted by atomic mass is 16.6. The first-order valence-corrected chi connectivity index (χ1v) is 8.88. The molecule has 2 saturated heterocycles. The molecule has 0 aromatic carbocycles. The zero-order valence-corrected chi connectivity index (χ0v) is 15.8. The lowest BCUT2D eigenvalue weighted by molar-refractivity contribution is -0.142. The lowest BCUT2D eigenvalue weighted by atomic mass is 9.93. The summed E-state index contributed by atoms with van der Waals surface area (Å²) in [7, 11) is 6.90. The second-order valence-electron chi connectivity index (χ2n) is 6.53. The summed E-state index contributed by atoms with van der Waals surface area (Å²) in [4.78, 5) is 16.6. The van der Waals surface area contributed by atoms with Crippen LogP contribution in [0.2, 0.25) is 0 Å². The molecule has 2 heterocycles. The van der Waals surface area contributed by atoms with Gasteiger partial charge in [0.05, 0.1) is 19.2 Å². The van der Waals surface area contributed by atoms with Crippen molar-refractivity contribution in [2.24, 2.45) is 0 Å². The van der Waals surface area contributed by atoms with Crippen LogP contribution in [-0.2, 0) is 28.5 Å². The lowest BCUT2D eigenvalue weighted by Crippen LogP contribution is -2.51. The van der Waals surface area contributed by atoms with Crippen molar-refractivity contribution in [1.82, 2.24) is 9.80 Å². The molecular formula is C16H31BN2O6. The van der Waals surface area contributed by atoms with Gasteiger partial charge in [-0.2, -0.15) is 0 Å². The van der Waals surface area contributed by atoms with Crippen LogP contribution < -0.4 is 0 Å². The summed E-state index contributed by atoms with van der Waals surface area (Å²) >= 11 is 0. The van der Waals surface area contributed by atoms with Crippen LogP contribution in [-0.4, -0.2) is 122 Å². The van der Waals surface area contributed by atoms with E-state index in [-0.39, 0.29) is 36.8 Å². The van der Waals surface area contributed by atoms with Gasteiger partial charge in [-0.1, -0.05) is 0 Å². The van der Waals surface area contributed by atoms with E-state index in [9.17, 15) is 4.79 Å². The molecule has 25 heavy (non-hydrogen) atoms. The average molecular weight is 358 g/mol. The smallest absolute Gasteiger partial charge is 0.248 e. The van der Waals surface area contributed by atoms with E-state index in [0.717, 1.165) is 39.3 Å². The van der Waals surface area contributed by atoms with Crippen molar-refractivity contribution in [2.45, 2.75) is 24.3 Å². The third-order valence-electron chi connectivity index (χ3n) is 4.88. The van der Waals surface area contributed by atoms with Gasteiger partial charge in [0.1, 0.15) is 32.8 Å². The molecule has 2 aliphatic heterocycles. The fourth-order valence-electron chi connectivity index (χ4n) is 3.42. The summed E-state index contributed by atoms with van der Waals surface area (Å²) in [6, 6.07) is -0.135. The molecule has 4 atom stereocenters. The minimum Gasteiger partial charge on any atom is -0.383 e. The van der Waals surface area contributed by atoms with Gasteiger partial charge < -0.3 is 28.6 Å². The summed E-state index contributed by atoms with van der Waals surface area (Å²) < 4.78 is 27.5. The summed E-state index contributed by atoms with van der Waals surface area (Å²) in [5.41, 5.74) is 0. The molecule has 0 bridgehead atoms. The van der Waals surface area contributed by atoms with Gasteiger partial charge in [-0.25, -0.2) is 0 Å². The van der Waals surface area contributed by atoms with Gasteiger partial charge in [-0.15, -0.1) is 0 Å². The first-order chi connectivity index (χ1) is 12.1.